The van der Waals surface area contributed by atoms with Crippen LogP contribution in [0.4, 0.5) is 5.95 Å². The smallest absolute Gasteiger partial charge is 0.225 e. The highest BCUT2D eigenvalue weighted by Crippen LogP contribution is 2.22. The van der Waals surface area contributed by atoms with Crippen molar-refractivity contribution in [1.82, 2.24) is 9.97 Å². The number of nitrogens with zero attached hydrogens (tertiary/aromatic N) is 3. The van der Waals surface area contributed by atoms with Crippen LogP contribution in [0, 0.1) is 6.92 Å². The molecule has 0 amide bonds. The van der Waals surface area contributed by atoms with E-state index in [9.17, 15) is 0 Å². The summed E-state index contributed by atoms with van der Waals surface area (Å²) in [5.41, 5.74) is 1.01. The summed E-state index contributed by atoms with van der Waals surface area (Å²) >= 11 is 5.97. The molecule has 82 valence electrons. The highest BCUT2D eigenvalue weighted by molar-refractivity contribution is 6.18. The van der Waals surface area contributed by atoms with Crippen molar-refractivity contribution in [3.05, 3.63) is 18.0 Å². The van der Waals surface area contributed by atoms with E-state index in [2.05, 4.69) is 14.9 Å². The molecule has 0 aliphatic carbocycles. The Bertz CT molecular complexity index is 329. The molecule has 1 unspecified atom stereocenters. The second-order valence-electron chi connectivity index (χ2n) is 4.00. The van der Waals surface area contributed by atoms with Gasteiger partial charge in [-0.05, 0) is 32.3 Å². The molecule has 4 heteroatoms. The Morgan fingerprint density at radius 2 is 2.40 bits per heavy atom. The van der Waals surface area contributed by atoms with Crippen LogP contribution in [0.1, 0.15) is 25.0 Å². The van der Waals surface area contributed by atoms with Crippen LogP contribution in [0.5, 0.6) is 0 Å². The Hall–Kier alpha value is -0.830. The van der Waals surface area contributed by atoms with Gasteiger partial charge in [-0.1, -0.05) is 0 Å². The molecule has 0 saturated carbocycles. The van der Waals surface area contributed by atoms with Crippen molar-refractivity contribution in [1.29, 1.82) is 0 Å². The van der Waals surface area contributed by atoms with Crippen molar-refractivity contribution in [2.45, 2.75) is 32.2 Å². The average molecular weight is 226 g/mol. The van der Waals surface area contributed by atoms with Crippen LogP contribution in [-0.4, -0.2) is 28.4 Å². The zero-order valence-electron chi connectivity index (χ0n) is 8.99. The summed E-state index contributed by atoms with van der Waals surface area (Å²) in [6.45, 7) is 3.02. The molecular formula is C11H16ClN3. The third-order valence-electron chi connectivity index (χ3n) is 2.84. The lowest BCUT2D eigenvalue weighted by molar-refractivity contribution is 0.480. The first-order valence-corrected chi connectivity index (χ1v) is 5.97. The van der Waals surface area contributed by atoms with Gasteiger partial charge in [-0.3, -0.25) is 0 Å². The zero-order chi connectivity index (χ0) is 10.7. The van der Waals surface area contributed by atoms with E-state index in [4.69, 9.17) is 11.6 Å². The second-order valence-corrected chi connectivity index (χ2v) is 4.30. The van der Waals surface area contributed by atoms with Crippen LogP contribution in [0.3, 0.4) is 0 Å². The topological polar surface area (TPSA) is 29.0 Å². The number of aryl methyl sites for hydroxylation is 1. The number of hydrogen-bond acceptors (Lipinski definition) is 3. The monoisotopic (exact) mass is 225 g/mol. The van der Waals surface area contributed by atoms with Crippen molar-refractivity contribution >= 4 is 17.5 Å². The summed E-state index contributed by atoms with van der Waals surface area (Å²) in [6, 6.07) is 2.32. The first-order valence-electron chi connectivity index (χ1n) is 5.43. The van der Waals surface area contributed by atoms with Crippen molar-refractivity contribution in [3.63, 3.8) is 0 Å². The molecule has 0 aromatic carbocycles. The number of halogens is 1. The van der Waals surface area contributed by atoms with Gasteiger partial charge in [0.05, 0.1) is 0 Å². The molecule has 0 spiro atoms. The molecule has 2 heterocycles. The van der Waals surface area contributed by atoms with E-state index in [1.807, 2.05) is 19.2 Å². The van der Waals surface area contributed by atoms with Gasteiger partial charge in [-0.2, -0.15) is 0 Å². The van der Waals surface area contributed by atoms with Crippen molar-refractivity contribution in [2.24, 2.45) is 0 Å². The SMILES string of the molecule is Cc1ccnc(N2CCCCC2CCl)n1. The average Bonchev–Trinajstić information content (AvgIpc) is 2.29. The Morgan fingerprint density at radius 1 is 1.53 bits per heavy atom. The maximum absolute atomic E-state index is 5.97. The number of anilines is 1. The third kappa shape index (κ3) is 2.40. The van der Waals surface area contributed by atoms with Gasteiger partial charge in [0.2, 0.25) is 5.95 Å². The fourth-order valence-electron chi connectivity index (χ4n) is 2.00. The van der Waals surface area contributed by atoms with E-state index in [1.165, 1.54) is 12.8 Å². The van der Waals surface area contributed by atoms with Gasteiger partial charge in [0, 0.05) is 30.4 Å². The Balaban J connectivity index is 2.20. The van der Waals surface area contributed by atoms with Crippen LogP contribution in [0.15, 0.2) is 12.3 Å². The molecular weight excluding hydrogens is 210 g/mol. The first-order chi connectivity index (χ1) is 7.31. The van der Waals surface area contributed by atoms with Gasteiger partial charge in [0.15, 0.2) is 0 Å². The summed E-state index contributed by atoms with van der Waals surface area (Å²) < 4.78 is 0. The van der Waals surface area contributed by atoms with Gasteiger partial charge in [-0.25, -0.2) is 9.97 Å². The van der Waals surface area contributed by atoms with Crippen LogP contribution in [-0.2, 0) is 0 Å². The van der Waals surface area contributed by atoms with Crippen molar-refractivity contribution < 1.29 is 0 Å². The highest BCUT2D eigenvalue weighted by atomic mass is 35.5. The van der Waals surface area contributed by atoms with E-state index in [0.29, 0.717) is 11.9 Å². The van der Waals surface area contributed by atoms with E-state index < -0.39 is 0 Å². The molecule has 0 bridgehead atoms. The predicted molar refractivity (Wildman–Crippen MR) is 62.5 cm³/mol. The van der Waals surface area contributed by atoms with Gasteiger partial charge in [0.1, 0.15) is 0 Å². The Morgan fingerprint density at radius 3 is 3.13 bits per heavy atom. The number of piperidine rings is 1. The van der Waals surface area contributed by atoms with E-state index in [0.717, 1.165) is 24.6 Å². The summed E-state index contributed by atoms with van der Waals surface area (Å²) in [6.07, 6.45) is 5.45. The molecule has 2 rings (SSSR count). The molecule has 1 atom stereocenters. The number of rotatable bonds is 2. The molecule has 3 nitrogen and oxygen atoms in total. The number of hydrogen-bond donors (Lipinski definition) is 0. The largest absolute Gasteiger partial charge is 0.337 e. The summed E-state index contributed by atoms with van der Waals surface area (Å²) in [4.78, 5) is 11.0. The number of aromatic nitrogens is 2. The normalized spacial score (nSPS) is 21.7. The molecule has 1 aliphatic rings. The molecule has 1 aromatic rings. The molecule has 0 N–H and O–H groups in total. The van der Waals surface area contributed by atoms with Crippen LogP contribution in [0.25, 0.3) is 0 Å². The van der Waals surface area contributed by atoms with E-state index >= 15 is 0 Å². The molecule has 1 aromatic heterocycles. The summed E-state index contributed by atoms with van der Waals surface area (Å²) in [5.74, 6) is 1.50. The fourth-order valence-corrected chi connectivity index (χ4v) is 2.32. The maximum atomic E-state index is 5.97. The lowest BCUT2D eigenvalue weighted by atomic mass is 10.0. The van der Waals surface area contributed by atoms with E-state index in [1.54, 1.807) is 0 Å². The Labute approximate surface area is 95.5 Å². The van der Waals surface area contributed by atoms with Crippen LogP contribution < -0.4 is 4.90 Å². The molecule has 1 aliphatic heterocycles. The minimum absolute atomic E-state index is 0.405. The highest BCUT2D eigenvalue weighted by Gasteiger charge is 2.23. The van der Waals surface area contributed by atoms with Crippen LogP contribution >= 0.6 is 11.6 Å². The summed E-state index contributed by atoms with van der Waals surface area (Å²) in [5, 5.41) is 0. The van der Waals surface area contributed by atoms with Gasteiger partial charge in [-0.15, -0.1) is 11.6 Å². The predicted octanol–water partition coefficient (Wildman–Crippen LogP) is 2.38. The third-order valence-corrected chi connectivity index (χ3v) is 3.20. The van der Waals surface area contributed by atoms with Gasteiger partial charge < -0.3 is 4.90 Å². The lowest BCUT2D eigenvalue weighted by Crippen LogP contribution is -2.41. The molecule has 1 saturated heterocycles. The minimum Gasteiger partial charge on any atom is -0.337 e. The van der Waals surface area contributed by atoms with Crippen LogP contribution in [0.2, 0.25) is 0 Å². The first kappa shape index (κ1) is 10.7. The standard InChI is InChI=1S/C11H16ClN3/c1-9-5-6-13-11(14-9)15-7-3-2-4-10(15)8-12/h5-6,10H,2-4,7-8H2,1H3. The summed E-state index contributed by atoms with van der Waals surface area (Å²) in [7, 11) is 0. The maximum Gasteiger partial charge on any atom is 0.225 e. The van der Waals surface area contributed by atoms with E-state index in [-0.39, 0.29) is 0 Å². The lowest BCUT2D eigenvalue weighted by Gasteiger charge is -2.34. The van der Waals surface area contributed by atoms with Crippen molar-refractivity contribution in [2.75, 3.05) is 17.3 Å². The molecule has 1 fully saturated rings. The molecule has 0 radical (unpaired) electrons. The van der Waals surface area contributed by atoms with Crippen molar-refractivity contribution in [3.8, 4) is 0 Å². The number of alkyl halides is 1. The zero-order valence-corrected chi connectivity index (χ0v) is 9.74. The minimum atomic E-state index is 0.405. The van der Waals surface area contributed by atoms with Gasteiger partial charge >= 0.3 is 0 Å². The Kier molecular flexibility index (Phi) is 3.41. The quantitative estimate of drug-likeness (QED) is 0.724. The second kappa shape index (κ2) is 4.79. The van der Waals surface area contributed by atoms with Gasteiger partial charge in [0.25, 0.3) is 0 Å². The molecule has 15 heavy (non-hydrogen) atoms. The fraction of sp³-hybridized carbons (Fsp3) is 0.636.